The number of carboxylic acids is 1. The molecule has 2 heterocycles. The standard InChI is InChI=1S/C16H14N2O2S/c19-15(20)11-13(12-5-2-1-3-6-12)18-9-8-17-16(18)14-7-4-10-21-14/h1-10,13H,11H2,(H,19,20). The molecule has 0 spiro atoms. The van der Waals surface area contributed by atoms with Gasteiger partial charge in [0.25, 0.3) is 0 Å². The molecule has 1 atom stereocenters. The van der Waals surface area contributed by atoms with Crippen molar-refractivity contribution in [2.24, 2.45) is 0 Å². The van der Waals surface area contributed by atoms with Gasteiger partial charge >= 0.3 is 5.97 Å². The molecular formula is C16H14N2O2S. The predicted molar refractivity (Wildman–Crippen MR) is 82.4 cm³/mol. The lowest BCUT2D eigenvalue weighted by atomic mass is 10.0. The maximum atomic E-state index is 11.2. The van der Waals surface area contributed by atoms with E-state index in [0.29, 0.717) is 0 Å². The number of hydrogen-bond acceptors (Lipinski definition) is 3. The van der Waals surface area contributed by atoms with E-state index in [9.17, 15) is 9.90 Å². The third kappa shape index (κ3) is 2.87. The quantitative estimate of drug-likeness (QED) is 0.782. The van der Waals surface area contributed by atoms with Gasteiger partial charge in [-0.15, -0.1) is 11.3 Å². The van der Waals surface area contributed by atoms with Gasteiger partial charge < -0.3 is 9.67 Å². The molecule has 5 heteroatoms. The third-order valence-electron chi connectivity index (χ3n) is 3.30. The third-order valence-corrected chi connectivity index (χ3v) is 4.16. The Morgan fingerprint density at radius 2 is 2.05 bits per heavy atom. The van der Waals surface area contributed by atoms with E-state index in [2.05, 4.69) is 4.98 Å². The van der Waals surface area contributed by atoms with E-state index in [1.807, 2.05) is 58.6 Å². The Bertz CT molecular complexity index is 720. The van der Waals surface area contributed by atoms with E-state index in [1.54, 1.807) is 17.5 Å². The van der Waals surface area contributed by atoms with Crippen molar-refractivity contribution in [1.82, 2.24) is 9.55 Å². The van der Waals surface area contributed by atoms with Gasteiger partial charge in [-0.1, -0.05) is 36.4 Å². The summed E-state index contributed by atoms with van der Waals surface area (Å²) in [7, 11) is 0. The van der Waals surface area contributed by atoms with Gasteiger partial charge in [0.1, 0.15) is 0 Å². The van der Waals surface area contributed by atoms with Gasteiger partial charge in [0.05, 0.1) is 17.3 Å². The first-order chi connectivity index (χ1) is 10.3. The topological polar surface area (TPSA) is 55.1 Å². The molecule has 0 aliphatic heterocycles. The molecule has 4 nitrogen and oxygen atoms in total. The van der Waals surface area contributed by atoms with Crippen LogP contribution in [0.4, 0.5) is 0 Å². The lowest BCUT2D eigenvalue weighted by Crippen LogP contribution is -2.15. The molecule has 1 aromatic carbocycles. The van der Waals surface area contributed by atoms with Crippen molar-refractivity contribution in [1.29, 1.82) is 0 Å². The van der Waals surface area contributed by atoms with Crippen molar-refractivity contribution < 1.29 is 9.90 Å². The normalized spacial score (nSPS) is 12.2. The van der Waals surface area contributed by atoms with E-state index >= 15 is 0 Å². The molecule has 3 rings (SSSR count). The second-order valence-corrected chi connectivity index (χ2v) is 5.61. The van der Waals surface area contributed by atoms with Gasteiger partial charge in [-0.25, -0.2) is 4.98 Å². The first kappa shape index (κ1) is 13.6. The second-order valence-electron chi connectivity index (χ2n) is 4.66. The largest absolute Gasteiger partial charge is 0.481 e. The maximum absolute atomic E-state index is 11.2. The molecule has 0 amide bonds. The Morgan fingerprint density at radius 3 is 2.71 bits per heavy atom. The maximum Gasteiger partial charge on any atom is 0.305 e. The molecular weight excluding hydrogens is 284 g/mol. The molecule has 0 aliphatic rings. The van der Waals surface area contributed by atoms with Gasteiger partial charge in [0, 0.05) is 12.4 Å². The van der Waals surface area contributed by atoms with E-state index in [-0.39, 0.29) is 12.5 Å². The highest BCUT2D eigenvalue weighted by molar-refractivity contribution is 7.13. The van der Waals surface area contributed by atoms with E-state index in [1.165, 1.54) is 0 Å². The molecule has 0 saturated heterocycles. The van der Waals surface area contributed by atoms with Crippen LogP contribution in [-0.4, -0.2) is 20.6 Å². The van der Waals surface area contributed by atoms with Crippen molar-refractivity contribution in [3.63, 3.8) is 0 Å². The Labute approximate surface area is 126 Å². The van der Waals surface area contributed by atoms with Crippen LogP contribution in [0.2, 0.25) is 0 Å². The number of carbonyl (C=O) groups is 1. The van der Waals surface area contributed by atoms with Crippen LogP contribution in [0.5, 0.6) is 0 Å². The highest BCUT2D eigenvalue weighted by Gasteiger charge is 2.20. The Morgan fingerprint density at radius 1 is 1.24 bits per heavy atom. The first-order valence-electron chi connectivity index (χ1n) is 6.59. The van der Waals surface area contributed by atoms with Crippen LogP contribution in [0.25, 0.3) is 10.7 Å². The smallest absolute Gasteiger partial charge is 0.305 e. The average Bonchev–Trinajstić information content (AvgIpc) is 3.16. The Kier molecular flexibility index (Phi) is 3.83. The number of hydrogen-bond donors (Lipinski definition) is 1. The molecule has 1 unspecified atom stereocenters. The molecule has 0 aliphatic carbocycles. The van der Waals surface area contributed by atoms with Crippen LogP contribution in [0, 0.1) is 0 Å². The van der Waals surface area contributed by atoms with E-state index in [0.717, 1.165) is 16.3 Å². The SMILES string of the molecule is O=C(O)CC(c1ccccc1)n1ccnc1-c1cccs1. The molecule has 0 bridgehead atoms. The summed E-state index contributed by atoms with van der Waals surface area (Å²) in [4.78, 5) is 16.7. The van der Waals surface area contributed by atoms with Crippen molar-refractivity contribution in [2.45, 2.75) is 12.5 Å². The van der Waals surface area contributed by atoms with Crippen molar-refractivity contribution in [3.8, 4) is 10.7 Å². The van der Waals surface area contributed by atoms with Gasteiger partial charge in [0.15, 0.2) is 5.82 Å². The lowest BCUT2D eigenvalue weighted by molar-refractivity contribution is -0.137. The summed E-state index contributed by atoms with van der Waals surface area (Å²) >= 11 is 1.60. The van der Waals surface area contributed by atoms with Crippen LogP contribution < -0.4 is 0 Å². The molecule has 1 N–H and O–H groups in total. The predicted octanol–water partition coefficient (Wildman–Crippen LogP) is 3.68. The summed E-state index contributed by atoms with van der Waals surface area (Å²) < 4.78 is 1.94. The number of aliphatic carboxylic acids is 1. The number of rotatable bonds is 5. The van der Waals surface area contributed by atoms with Gasteiger partial charge in [-0.3, -0.25) is 4.79 Å². The Balaban J connectivity index is 2.06. The highest BCUT2D eigenvalue weighted by atomic mass is 32.1. The minimum absolute atomic E-state index is 0.0265. The van der Waals surface area contributed by atoms with Gasteiger partial charge in [-0.05, 0) is 17.0 Å². The zero-order valence-electron chi connectivity index (χ0n) is 11.2. The van der Waals surface area contributed by atoms with Crippen LogP contribution in [0.3, 0.4) is 0 Å². The lowest BCUT2D eigenvalue weighted by Gasteiger charge is -2.19. The van der Waals surface area contributed by atoms with Crippen LogP contribution >= 0.6 is 11.3 Å². The summed E-state index contributed by atoms with van der Waals surface area (Å²) in [5.41, 5.74) is 0.968. The number of aromatic nitrogens is 2. The zero-order chi connectivity index (χ0) is 14.7. The number of carboxylic acid groups (broad SMARTS) is 1. The number of imidazole rings is 1. The summed E-state index contributed by atoms with van der Waals surface area (Å²) in [5.74, 6) is -0.0187. The van der Waals surface area contributed by atoms with E-state index in [4.69, 9.17) is 0 Å². The molecule has 0 saturated carbocycles. The minimum atomic E-state index is -0.824. The molecule has 3 aromatic rings. The molecule has 21 heavy (non-hydrogen) atoms. The fourth-order valence-electron chi connectivity index (χ4n) is 2.38. The summed E-state index contributed by atoms with van der Waals surface area (Å²) in [6.45, 7) is 0. The number of benzene rings is 1. The second kappa shape index (κ2) is 5.93. The van der Waals surface area contributed by atoms with Crippen molar-refractivity contribution in [2.75, 3.05) is 0 Å². The van der Waals surface area contributed by atoms with E-state index < -0.39 is 5.97 Å². The van der Waals surface area contributed by atoms with Crippen molar-refractivity contribution >= 4 is 17.3 Å². The average molecular weight is 298 g/mol. The van der Waals surface area contributed by atoms with Crippen LogP contribution in [0.1, 0.15) is 18.0 Å². The molecule has 0 fully saturated rings. The minimum Gasteiger partial charge on any atom is -0.481 e. The molecule has 0 radical (unpaired) electrons. The molecule has 2 aromatic heterocycles. The monoisotopic (exact) mass is 298 g/mol. The summed E-state index contributed by atoms with van der Waals surface area (Å²) in [5, 5.41) is 11.2. The van der Waals surface area contributed by atoms with Gasteiger partial charge in [-0.2, -0.15) is 0 Å². The number of nitrogens with zero attached hydrogens (tertiary/aromatic N) is 2. The fraction of sp³-hybridized carbons (Fsp3) is 0.125. The summed E-state index contributed by atoms with van der Waals surface area (Å²) in [6, 6.07) is 13.4. The van der Waals surface area contributed by atoms with Crippen LogP contribution in [0.15, 0.2) is 60.2 Å². The van der Waals surface area contributed by atoms with Gasteiger partial charge in [0.2, 0.25) is 0 Å². The number of thiophene rings is 1. The molecule has 106 valence electrons. The van der Waals surface area contributed by atoms with Crippen molar-refractivity contribution in [3.05, 3.63) is 65.8 Å². The zero-order valence-corrected chi connectivity index (χ0v) is 12.0. The van der Waals surface area contributed by atoms with Crippen LogP contribution in [-0.2, 0) is 4.79 Å². The first-order valence-corrected chi connectivity index (χ1v) is 7.47. The highest BCUT2D eigenvalue weighted by Crippen LogP contribution is 2.30. The summed E-state index contributed by atoms with van der Waals surface area (Å²) in [6.07, 6.45) is 3.58. The fourth-order valence-corrected chi connectivity index (χ4v) is 3.10. The Hall–Kier alpha value is -2.40.